The lowest BCUT2D eigenvalue weighted by molar-refractivity contribution is 0.121. The molecule has 0 bridgehead atoms. The predicted molar refractivity (Wildman–Crippen MR) is 67.8 cm³/mol. The highest BCUT2D eigenvalue weighted by atomic mass is 19.1. The van der Waals surface area contributed by atoms with Gasteiger partial charge in [-0.1, -0.05) is 25.8 Å². The lowest BCUT2D eigenvalue weighted by atomic mass is 9.85. The van der Waals surface area contributed by atoms with Gasteiger partial charge in [0.15, 0.2) is 0 Å². The number of benzene rings is 1. The second-order valence-corrected chi connectivity index (χ2v) is 4.91. The molecule has 3 heteroatoms. The number of hydrogen-bond acceptors (Lipinski definition) is 2. The van der Waals surface area contributed by atoms with Crippen LogP contribution in [0.15, 0.2) is 18.2 Å². The van der Waals surface area contributed by atoms with Gasteiger partial charge < -0.3 is 4.74 Å². The Morgan fingerprint density at radius 1 is 1.44 bits per heavy atom. The second-order valence-electron chi connectivity index (χ2n) is 4.91. The Bertz CT molecular complexity index is 452. The van der Waals surface area contributed by atoms with E-state index in [1.165, 1.54) is 12.5 Å². The third-order valence-corrected chi connectivity index (χ3v) is 3.69. The predicted octanol–water partition coefficient (Wildman–Crippen LogP) is 4.04. The van der Waals surface area contributed by atoms with Crippen molar-refractivity contribution in [1.29, 1.82) is 5.26 Å². The lowest BCUT2D eigenvalue weighted by Crippen LogP contribution is -2.25. The topological polar surface area (TPSA) is 33.0 Å². The van der Waals surface area contributed by atoms with E-state index in [0.717, 1.165) is 25.7 Å². The normalized spacial score (nSPS) is 23.4. The Hall–Kier alpha value is -1.56. The molecule has 2 nitrogen and oxygen atoms in total. The molecule has 0 saturated heterocycles. The van der Waals surface area contributed by atoms with E-state index >= 15 is 0 Å². The first-order valence-electron chi connectivity index (χ1n) is 6.59. The summed E-state index contributed by atoms with van der Waals surface area (Å²) in [7, 11) is 0. The van der Waals surface area contributed by atoms with E-state index < -0.39 is 5.82 Å². The summed E-state index contributed by atoms with van der Waals surface area (Å²) in [5.41, 5.74) is 0.0242. The van der Waals surface area contributed by atoms with Crippen LogP contribution in [0.1, 0.15) is 44.6 Å². The van der Waals surface area contributed by atoms with Gasteiger partial charge in [-0.15, -0.1) is 0 Å². The summed E-state index contributed by atoms with van der Waals surface area (Å²) in [5, 5.41) is 8.96. The fourth-order valence-electron chi connectivity index (χ4n) is 2.61. The first-order chi connectivity index (χ1) is 8.74. The minimum Gasteiger partial charge on any atom is -0.489 e. The maximum Gasteiger partial charge on any atom is 0.144 e. The van der Waals surface area contributed by atoms with Gasteiger partial charge in [-0.3, -0.25) is 0 Å². The van der Waals surface area contributed by atoms with Gasteiger partial charge in [0, 0.05) is 0 Å². The van der Waals surface area contributed by atoms with Crippen LogP contribution in [-0.4, -0.2) is 6.10 Å². The molecule has 1 aliphatic carbocycles. The maximum atomic E-state index is 13.4. The molecular formula is C15H18FNO. The van der Waals surface area contributed by atoms with Gasteiger partial charge in [-0.25, -0.2) is 4.39 Å². The van der Waals surface area contributed by atoms with Crippen LogP contribution >= 0.6 is 0 Å². The van der Waals surface area contributed by atoms with E-state index in [4.69, 9.17) is 10.00 Å². The molecule has 1 aromatic rings. The van der Waals surface area contributed by atoms with Crippen LogP contribution in [0.5, 0.6) is 5.75 Å². The Labute approximate surface area is 107 Å². The molecule has 0 spiro atoms. The third kappa shape index (κ3) is 2.81. The molecule has 0 radical (unpaired) electrons. The Balaban J connectivity index is 2.10. The summed E-state index contributed by atoms with van der Waals surface area (Å²) >= 11 is 0. The summed E-state index contributed by atoms with van der Waals surface area (Å²) < 4.78 is 19.3. The number of nitrogens with zero attached hydrogens (tertiary/aromatic N) is 1. The largest absolute Gasteiger partial charge is 0.489 e. The average Bonchev–Trinajstić information content (AvgIpc) is 2.39. The third-order valence-electron chi connectivity index (χ3n) is 3.69. The van der Waals surface area contributed by atoms with Crippen LogP contribution in [0, 0.1) is 23.1 Å². The van der Waals surface area contributed by atoms with Crippen molar-refractivity contribution in [2.75, 3.05) is 0 Å². The summed E-state index contributed by atoms with van der Waals surface area (Å²) in [6.07, 6.45) is 5.70. The highest BCUT2D eigenvalue weighted by molar-refractivity contribution is 5.43. The van der Waals surface area contributed by atoms with Crippen molar-refractivity contribution in [3.8, 4) is 11.8 Å². The SMILES string of the molecule is CCC1CCCC(Oc2cccc(F)c2C#N)C1. The van der Waals surface area contributed by atoms with E-state index in [0.29, 0.717) is 11.7 Å². The molecule has 1 saturated carbocycles. The molecule has 0 amide bonds. The molecule has 0 aliphatic heterocycles. The van der Waals surface area contributed by atoms with Crippen molar-refractivity contribution in [2.45, 2.75) is 45.1 Å². The minimum absolute atomic E-state index is 0.0242. The van der Waals surface area contributed by atoms with Crippen molar-refractivity contribution in [1.82, 2.24) is 0 Å². The molecule has 0 aromatic heterocycles. The molecule has 18 heavy (non-hydrogen) atoms. The van der Waals surface area contributed by atoms with Gasteiger partial charge in [-0.2, -0.15) is 5.26 Å². The smallest absolute Gasteiger partial charge is 0.144 e. The van der Waals surface area contributed by atoms with Gasteiger partial charge in [0.05, 0.1) is 6.10 Å². The highest BCUT2D eigenvalue weighted by Crippen LogP contribution is 2.31. The zero-order valence-electron chi connectivity index (χ0n) is 10.7. The number of ether oxygens (including phenoxy) is 1. The molecule has 0 heterocycles. The van der Waals surface area contributed by atoms with E-state index in [-0.39, 0.29) is 11.7 Å². The maximum absolute atomic E-state index is 13.4. The fourth-order valence-corrected chi connectivity index (χ4v) is 2.61. The average molecular weight is 247 g/mol. The molecule has 1 aromatic carbocycles. The van der Waals surface area contributed by atoms with Gasteiger partial charge in [-0.05, 0) is 37.3 Å². The minimum atomic E-state index is -0.502. The molecule has 2 atom stereocenters. The standard InChI is InChI=1S/C15H18FNO/c1-2-11-5-3-6-12(9-11)18-15-8-4-7-14(16)13(15)10-17/h4,7-8,11-12H,2-3,5-6,9H2,1H3. The number of halogens is 1. The van der Waals surface area contributed by atoms with Gasteiger partial charge in [0.2, 0.25) is 0 Å². The van der Waals surface area contributed by atoms with Crippen LogP contribution in [0.3, 0.4) is 0 Å². The molecule has 2 rings (SSSR count). The summed E-state index contributed by atoms with van der Waals surface area (Å²) in [6.45, 7) is 2.19. The van der Waals surface area contributed by atoms with Crippen molar-refractivity contribution in [3.05, 3.63) is 29.6 Å². The second kappa shape index (κ2) is 5.86. The zero-order valence-corrected chi connectivity index (χ0v) is 10.7. The van der Waals surface area contributed by atoms with E-state index in [2.05, 4.69) is 6.92 Å². The molecule has 96 valence electrons. The first-order valence-corrected chi connectivity index (χ1v) is 6.59. The number of hydrogen-bond donors (Lipinski definition) is 0. The van der Waals surface area contributed by atoms with Crippen molar-refractivity contribution in [2.24, 2.45) is 5.92 Å². The molecule has 0 N–H and O–H groups in total. The van der Waals surface area contributed by atoms with Crippen molar-refractivity contribution >= 4 is 0 Å². The van der Waals surface area contributed by atoms with Crippen LogP contribution in [0.25, 0.3) is 0 Å². The monoisotopic (exact) mass is 247 g/mol. The summed E-state index contributed by atoms with van der Waals surface area (Å²) in [4.78, 5) is 0. The Morgan fingerprint density at radius 2 is 2.28 bits per heavy atom. The van der Waals surface area contributed by atoms with Crippen LogP contribution in [-0.2, 0) is 0 Å². The number of rotatable bonds is 3. The molecule has 2 unspecified atom stereocenters. The van der Waals surface area contributed by atoms with E-state index in [1.807, 2.05) is 6.07 Å². The van der Waals surface area contributed by atoms with Gasteiger partial charge >= 0.3 is 0 Å². The lowest BCUT2D eigenvalue weighted by Gasteiger charge is -2.29. The molecule has 1 aliphatic rings. The fraction of sp³-hybridized carbons (Fsp3) is 0.533. The molecule has 1 fully saturated rings. The van der Waals surface area contributed by atoms with Gasteiger partial charge in [0.25, 0.3) is 0 Å². The van der Waals surface area contributed by atoms with Crippen LogP contribution in [0.4, 0.5) is 4.39 Å². The molecular weight excluding hydrogens is 229 g/mol. The highest BCUT2D eigenvalue weighted by Gasteiger charge is 2.23. The van der Waals surface area contributed by atoms with Gasteiger partial charge in [0.1, 0.15) is 23.2 Å². The van der Waals surface area contributed by atoms with Crippen molar-refractivity contribution in [3.63, 3.8) is 0 Å². The van der Waals surface area contributed by atoms with E-state index in [1.54, 1.807) is 12.1 Å². The summed E-state index contributed by atoms with van der Waals surface area (Å²) in [6, 6.07) is 6.44. The number of nitriles is 1. The van der Waals surface area contributed by atoms with Crippen LogP contribution in [0.2, 0.25) is 0 Å². The Morgan fingerprint density at radius 3 is 3.00 bits per heavy atom. The summed E-state index contributed by atoms with van der Waals surface area (Å²) in [5.74, 6) is 0.583. The quantitative estimate of drug-likeness (QED) is 0.807. The van der Waals surface area contributed by atoms with Crippen molar-refractivity contribution < 1.29 is 9.13 Å². The first kappa shape index (κ1) is 12.9. The van der Waals surface area contributed by atoms with Crippen LogP contribution < -0.4 is 4.74 Å². The zero-order chi connectivity index (χ0) is 13.0. The van der Waals surface area contributed by atoms with E-state index in [9.17, 15) is 4.39 Å². The Kier molecular flexibility index (Phi) is 4.19.